The number of hydrogen-bond donors (Lipinski definition) is 1. The molecule has 158 valence electrons. The average molecular weight is 491 g/mol. The van der Waals surface area contributed by atoms with E-state index < -0.39 is 29.0 Å². The summed E-state index contributed by atoms with van der Waals surface area (Å²) in [7, 11) is 0. The summed E-state index contributed by atoms with van der Waals surface area (Å²) in [6.07, 6.45) is -8.70. The van der Waals surface area contributed by atoms with Gasteiger partial charge in [-0.25, -0.2) is 0 Å². The number of aromatic nitrogens is 2. The van der Waals surface area contributed by atoms with Gasteiger partial charge in [0.05, 0.1) is 26.9 Å². The van der Waals surface area contributed by atoms with Crippen molar-refractivity contribution in [3.63, 3.8) is 0 Å². The first-order valence-corrected chi connectivity index (χ1v) is 9.24. The van der Waals surface area contributed by atoms with Gasteiger partial charge in [0, 0.05) is 28.7 Å². The van der Waals surface area contributed by atoms with Gasteiger partial charge in [-0.05, 0) is 48.0 Å². The van der Waals surface area contributed by atoms with Gasteiger partial charge in [-0.3, -0.25) is 9.78 Å². The largest absolute Gasteiger partial charge is 0.417 e. The molecule has 2 aromatic heterocycles. The number of rotatable bonds is 2. The maximum Gasteiger partial charge on any atom is 0.417 e. The van der Waals surface area contributed by atoms with E-state index in [4.69, 9.17) is 0 Å². The molecule has 0 atom stereocenters. The number of aryl methyl sites for hydroxylation is 2. The van der Waals surface area contributed by atoms with Crippen LogP contribution in [0.15, 0.2) is 45.8 Å². The van der Waals surface area contributed by atoms with E-state index in [2.05, 4.69) is 25.9 Å². The van der Waals surface area contributed by atoms with Crippen LogP contribution in [0.4, 0.5) is 26.3 Å². The summed E-state index contributed by atoms with van der Waals surface area (Å²) in [5, 5.41) is 0. The van der Waals surface area contributed by atoms with E-state index in [1.807, 2.05) is 0 Å². The molecule has 0 saturated heterocycles. The van der Waals surface area contributed by atoms with Crippen LogP contribution in [0, 0.1) is 13.8 Å². The minimum atomic E-state index is -5.01. The summed E-state index contributed by atoms with van der Waals surface area (Å²) in [5.74, 6) is 0. The first-order chi connectivity index (χ1) is 13.8. The summed E-state index contributed by atoms with van der Waals surface area (Å²) >= 11 is 3.19. The second kappa shape index (κ2) is 7.57. The van der Waals surface area contributed by atoms with Crippen molar-refractivity contribution in [1.29, 1.82) is 0 Å². The summed E-state index contributed by atoms with van der Waals surface area (Å²) in [6.45, 7) is 3.37. The van der Waals surface area contributed by atoms with Crippen LogP contribution in [-0.2, 0) is 12.4 Å². The molecule has 30 heavy (non-hydrogen) atoms. The maximum atomic E-state index is 13.4. The molecule has 1 aromatic carbocycles. The zero-order valence-corrected chi connectivity index (χ0v) is 17.1. The van der Waals surface area contributed by atoms with E-state index in [0.717, 1.165) is 6.07 Å². The van der Waals surface area contributed by atoms with Crippen molar-refractivity contribution < 1.29 is 26.3 Å². The normalized spacial score (nSPS) is 12.3. The summed E-state index contributed by atoms with van der Waals surface area (Å²) < 4.78 is 79.0. The Labute approximate surface area is 174 Å². The van der Waals surface area contributed by atoms with E-state index in [0.29, 0.717) is 27.5 Å². The predicted octanol–water partition coefficient (Wildman–Crippen LogP) is 6.52. The molecule has 10 heteroatoms. The van der Waals surface area contributed by atoms with Gasteiger partial charge in [0.1, 0.15) is 0 Å². The highest BCUT2D eigenvalue weighted by molar-refractivity contribution is 9.10. The van der Waals surface area contributed by atoms with Crippen molar-refractivity contribution >= 4 is 15.9 Å². The lowest BCUT2D eigenvalue weighted by atomic mass is 9.98. The first kappa shape index (κ1) is 22.1. The lowest BCUT2D eigenvalue weighted by Gasteiger charge is -2.16. The number of aromatic amines is 1. The molecule has 0 aliphatic rings. The molecule has 0 fully saturated rings. The van der Waals surface area contributed by atoms with Crippen LogP contribution < -0.4 is 5.43 Å². The SMILES string of the molecule is Cc1[nH]c(C)c(-c2ccc(-c3ccc(C(F)(F)F)cc3C(F)(F)F)nc2)c(=O)c1Br. The van der Waals surface area contributed by atoms with Gasteiger partial charge < -0.3 is 4.98 Å². The number of nitrogens with zero attached hydrogens (tertiary/aromatic N) is 1. The fourth-order valence-corrected chi connectivity index (χ4v) is 3.37. The summed E-state index contributed by atoms with van der Waals surface area (Å²) in [5.41, 5.74) is -2.01. The maximum absolute atomic E-state index is 13.4. The smallest absolute Gasteiger partial charge is 0.361 e. The van der Waals surface area contributed by atoms with Crippen molar-refractivity contribution in [3.8, 4) is 22.4 Å². The Bertz CT molecular complexity index is 1160. The monoisotopic (exact) mass is 490 g/mol. The van der Waals surface area contributed by atoms with Gasteiger partial charge in [0.2, 0.25) is 5.43 Å². The van der Waals surface area contributed by atoms with E-state index in [9.17, 15) is 31.1 Å². The Morgan fingerprint density at radius 3 is 2.13 bits per heavy atom. The van der Waals surface area contributed by atoms with Gasteiger partial charge >= 0.3 is 12.4 Å². The number of nitrogens with one attached hydrogen (secondary N) is 1. The van der Waals surface area contributed by atoms with E-state index >= 15 is 0 Å². The number of H-pyrrole nitrogens is 1. The molecule has 0 aliphatic heterocycles. The number of hydrogen-bond acceptors (Lipinski definition) is 2. The van der Waals surface area contributed by atoms with E-state index in [1.54, 1.807) is 13.8 Å². The highest BCUT2D eigenvalue weighted by atomic mass is 79.9. The molecular formula is C20H13BrF6N2O. The molecule has 3 aromatic rings. The summed E-state index contributed by atoms with van der Waals surface area (Å²) in [6, 6.07) is 4.02. The van der Waals surface area contributed by atoms with Crippen molar-refractivity contribution in [2.24, 2.45) is 0 Å². The minimum Gasteiger partial charge on any atom is -0.361 e. The van der Waals surface area contributed by atoms with Gasteiger partial charge in [-0.15, -0.1) is 0 Å². The third-order valence-corrected chi connectivity index (χ3v) is 5.44. The van der Waals surface area contributed by atoms with Crippen LogP contribution in [0.5, 0.6) is 0 Å². The molecule has 0 bridgehead atoms. The number of pyridine rings is 2. The van der Waals surface area contributed by atoms with Crippen LogP contribution in [0.1, 0.15) is 22.5 Å². The van der Waals surface area contributed by atoms with Gasteiger partial charge in [0.25, 0.3) is 0 Å². The number of alkyl halides is 6. The average Bonchev–Trinajstić information content (AvgIpc) is 2.65. The summed E-state index contributed by atoms with van der Waals surface area (Å²) in [4.78, 5) is 19.5. The number of halogens is 7. The standard InChI is InChI=1S/C20H13BrF6N2O/c1-9-16(18(30)17(21)10(2)29-9)11-3-6-15(28-8-11)13-5-4-12(19(22,23)24)7-14(13)20(25,26)27/h3-8H,1-2H3,(H,29,30). The predicted molar refractivity (Wildman–Crippen MR) is 103 cm³/mol. The molecule has 1 N–H and O–H groups in total. The van der Waals surface area contributed by atoms with Crippen LogP contribution in [0.3, 0.4) is 0 Å². The molecule has 0 saturated carbocycles. The van der Waals surface area contributed by atoms with Crippen LogP contribution in [-0.4, -0.2) is 9.97 Å². The second-order valence-electron chi connectivity index (χ2n) is 6.58. The molecule has 0 unspecified atom stereocenters. The zero-order chi connectivity index (χ0) is 22.4. The van der Waals surface area contributed by atoms with Gasteiger partial charge in [-0.1, -0.05) is 12.1 Å². The fraction of sp³-hybridized carbons (Fsp3) is 0.200. The molecule has 3 rings (SSSR count). The Morgan fingerprint density at radius 1 is 0.933 bits per heavy atom. The fourth-order valence-electron chi connectivity index (χ4n) is 3.08. The molecule has 0 radical (unpaired) electrons. The lowest BCUT2D eigenvalue weighted by molar-refractivity contribution is -0.142. The van der Waals surface area contributed by atoms with E-state index in [-0.39, 0.29) is 22.8 Å². The van der Waals surface area contributed by atoms with Crippen LogP contribution in [0.25, 0.3) is 22.4 Å². The minimum absolute atomic E-state index is 0.0663. The molecule has 3 nitrogen and oxygen atoms in total. The molecule has 0 amide bonds. The third-order valence-electron chi connectivity index (χ3n) is 4.49. The van der Waals surface area contributed by atoms with Crippen molar-refractivity contribution in [2.75, 3.05) is 0 Å². The quantitative estimate of drug-likeness (QED) is 0.415. The third kappa shape index (κ3) is 4.14. The second-order valence-corrected chi connectivity index (χ2v) is 7.37. The lowest BCUT2D eigenvalue weighted by Crippen LogP contribution is -2.13. The Hall–Kier alpha value is -2.62. The number of benzene rings is 1. The van der Waals surface area contributed by atoms with Crippen molar-refractivity contribution in [3.05, 3.63) is 73.7 Å². The Morgan fingerprint density at radius 2 is 1.60 bits per heavy atom. The van der Waals surface area contributed by atoms with Crippen LogP contribution >= 0.6 is 15.9 Å². The highest BCUT2D eigenvalue weighted by Gasteiger charge is 2.38. The van der Waals surface area contributed by atoms with Gasteiger partial charge in [0.15, 0.2) is 0 Å². The van der Waals surface area contributed by atoms with Crippen molar-refractivity contribution in [1.82, 2.24) is 9.97 Å². The zero-order valence-electron chi connectivity index (χ0n) is 15.5. The van der Waals surface area contributed by atoms with E-state index in [1.165, 1.54) is 18.3 Å². The Balaban J connectivity index is 2.12. The van der Waals surface area contributed by atoms with Crippen molar-refractivity contribution in [2.45, 2.75) is 26.2 Å². The van der Waals surface area contributed by atoms with Crippen LogP contribution in [0.2, 0.25) is 0 Å². The molecule has 0 spiro atoms. The Kier molecular flexibility index (Phi) is 5.57. The first-order valence-electron chi connectivity index (χ1n) is 8.45. The molecule has 0 aliphatic carbocycles. The topological polar surface area (TPSA) is 45.8 Å². The molecular weight excluding hydrogens is 478 g/mol. The highest BCUT2D eigenvalue weighted by Crippen LogP contribution is 2.40. The van der Waals surface area contributed by atoms with Gasteiger partial charge in [-0.2, -0.15) is 26.3 Å². The molecule has 2 heterocycles.